The average molecular weight is 176 g/mol. The Morgan fingerprint density at radius 1 is 1.38 bits per heavy atom. The van der Waals surface area contributed by atoms with Crippen molar-refractivity contribution in [1.29, 1.82) is 10.5 Å². The molecule has 0 aromatic rings. The minimum atomic E-state index is 0.128. The first-order chi connectivity index (χ1) is 6.36. The summed E-state index contributed by atoms with van der Waals surface area (Å²) in [5.74, 6) is 0. The molecular weight excluding hydrogens is 164 g/mol. The highest BCUT2D eigenvalue weighted by Crippen LogP contribution is 2.02. The summed E-state index contributed by atoms with van der Waals surface area (Å²) in [6.45, 7) is 4.14. The van der Waals surface area contributed by atoms with Crippen molar-refractivity contribution in [3.05, 3.63) is 11.8 Å². The molecule has 68 valence electrons. The highest BCUT2D eigenvalue weighted by atomic mass is 15.2. The van der Waals surface area contributed by atoms with Crippen molar-refractivity contribution in [2.75, 3.05) is 26.2 Å². The van der Waals surface area contributed by atoms with Crippen molar-refractivity contribution in [1.82, 2.24) is 10.2 Å². The Hall–Kier alpha value is -1.52. The molecule has 13 heavy (non-hydrogen) atoms. The molecule has 0 unspecified atom stereocenters. The van der Waals surface area contributed by atoms with Crippen molar-refractivity contribution >= 4 is 0 Å². The molecule has 0 aromatic heterocycles. The second-order valence-corrected chi connectivity index (χ2v) is 2.93. The Morgan fingerprint density at radius 3 is 2.54 bits per heavy atom. The Kier molecular flexibility index (Phi) is 3.81. The monoisotopic (exact) mass is 176 g/mol. The third kappa shape index (κ3) is 3.14. The summed E-state index contributed by atoms with van der Waals surface area (Å²) in [4.78, 5) is 2.32. The van der Waals surface area contributed by atoms with E-state index in [1.54, 1.807) is 12.1 Å². The first kappa shape index (κ1) is 9.57. The SMILES string of the molecule is N#CC(C#N)=CNCCN1CCC1. The standard InChI is InChI=1S/C9H12N4/c10-6-9(7-11)8-12-2-5-13-3-1-4-13/h8,12H,1-5H2. The van der Waals surface area contributed by atoms with Gasteiger partial charge in [0.2, 0.25) is 0 Å². The second kappa shape index (κ2) is 5.18. The fourth-order valence-corrected chi connectivity index (χ4v) is 1.09. The molecule has 0 aromatic carbocycles. The number of allylic oxidation sites excluding steroid dienone is 1. The third-order valence-electron chi connectivity index (χ3n) is 2.01. The summed E-state index contributed by atoms with van der Waals surface area (Å²) >= 11 is 0. The molecule has 1 saturated heterocycles. The number of nitriles is 2. The smallest absolute Gasteiger partial charge is 0.145 e. The Labute approximate surface area is 78.1 Å². The van der Waals surface area contributed by atoms with Crippen LogP contribution in [0.5, 0.6) is 0 Å². The third-order valence-corrected chi connectivity index (χ3v) is 2.01. The van der Waals surface area contributed by atoms with E-state index in [1.165, 1.54) is 25.7 Å². The molecule has 0 aliphatic carbocycles. The van der Waals surface area contributed by atoms with E-state index < -0.39 is 0 Å². The van der Waals surface area contributed by atoms with Gasteiger partial charge in [-0.1, -0.05) is 0 Å². The first-order valence-corrected chi connectivity index (χ1v) is 4.33. The maximum Gasteiger partial charge on any atom is 0.145 e. The average Bonchev–Trinajstić information content (AvgIpc) is 2.08. The molecule has 0 radical (unpaired) electrons. The minimum absolute atomic E-state index is 0.128. The zero-order valence-corrected chi connectivity index (χ0v) is 7.45. The Morgan fingerprint density at radius 2 is 2.08 bits per heavy atom. The molecule has 0 bridgehead atoms. The van der Waals surface area contributed by atoms with Gasteiger partial charge in [0.15, 0.2) is 0 Å². The lowest BCUT2D eigenvalue weighted by atomic mass is 10.2. The zero-order valence-electron chi connectivity index (χ0n) is 7.45. The van der Waals surface area contributed by atoms with Crippen LogP contribution in [0.25, 0.3) is 0 Å². The van der Waals surface area contributed by atoms with Gasteiger partial charge in [-0.15, -0.1) is 0 Å². The highest BCUT2D eigenvalue weighted by Gasteiger charge is 2.11. The maximum absolute atomic E-state index is 8.40. The van der Waals surface area contributed by atoms with Crippen molar-refractivity contribution in [3.63, 3.8) is 0 Å². The molecule has 0 atom stereocenters. The van der Waals surface area contributed by atoms with Crippen LogP contribution < -0.4 is 5.32 Å². The lowest BCUT2D eigenvalue weighted by molar-refractivity contribution is 0.184. The molecule has 0 spiro atoms. The molecule has 1 aliphatic rings. The minimum Gasteiger partial charge on any atom is -0.388 e. The number of rotatable bonds is 4. The predicted octanol–water partition coefficient (Wildman–Crippen LogP) is 0.213. The fraction of sp³-hybridized carbons (Fsp3) is 0.556. The van der Waals surface area contributed by atoms with Gasteiger partial charge in [-0.25, -0.2) is 0 Å². The van der Waals surface area contributed by atoms with Crippen LogP contribution in [-0.4, -0.2) is 31.1 Å². The van der Waals surface area contributed by atoms with E-state index in [-0.39, 0.29) is 5.57 Å². The second-order valence-electron chi connectivity index (χ2n) is 2.93. The van der Waals surface area contributed by atoms with E-state index in [4.69, 9.17) is 10.5 Å². The highest BCUT2D eigenvalue weighted by molar-refractivity contribution is 5.34. The molecule has 1 N–H and O–H groups in total. The van der Waals surface area contributed by atoms with Crippen molar-refractivity contribution < 1.29 is 0 Å². The summed E-state index contributed by atoms with van der Waals surface area (Å²) in [7, 11) is 0. The number of nitrogens with one attached hydrogen (secondary N) is 1. The van der Waals surface area contributed by atoms with Crippen molar-refractivity contribution in [2.45, 2.75) is 6.42 Å². The zero-order chi connectivity index (χ0) is 9.52. The lowest BCUT2D eigenvalue weighted by Gasteiger charge is -2.30. The van der Waals surface area contributed by atoms with Gasteiger partial charge >= 0.3 is 0 Å². The molecule has 0 amide bonds. The number of likely N-dealkylation sites (tertiary alicyclic amines) is 1. The van der Waals surface area contributed by atoms with Crippen LogP contribution in [0.15, 0.2) is 11.8 Å². The molecule has 1 fully saturated rings. The van der Waals surface area contributed by atoms with Gasteiger partial charge < -0.3 is 10.2 Å². The molecule has 4 nitrogen and oxygen atoms in total. The number of nitrogens with zero attached hydrogens (tertiary/aromatic N) is 3. The summed E-state index contributed by atoms with van der Waals surface area (Å²) in [6, 6.07) is 3.58. The maximum atomic E-state index is 8.40. The van der Waals surface area contributed by atoms with Crippen LogP contribution in [0.4, 0.5) is 0 Å². The van der Waals surface area contributed by atoms with Gasteiger partial charge in [-0.2, -0.15) is 10.5 Å². The van der Waals surface area contributed by atoms with Crippen molar-refractivity contribution in [3.8, 4) is 12.1 Å². The molecule has 4 heteroatoms. The van der Waals surface area contributed by atoms with Crippen molar-refractivity contribution in [2.24, 2.45) is 0 Å². The van der Waals surface area contributed by atoms with Gasteiger partial charge in [0.25, 0.3) is 0 Å². The van der Waals surface area contributed by atoms with E-state index in [2.05, 4.69) is 10.2 Å². The summed E-state index contributed by atoms with van der Waals surface area (Å²) in [5, 5.41) is 19.7. The van der Waals surface area contributed by atoms with Crippen LogP contribution in [0.1, 0.15) is 6.42 Å². The van der Waals surface area contributed by atoms with E-state index in [1.807, 2.05) is 0 Å². The van der Waals surface area contributed by atoms with Crippen LogP contribution >= 0.6 is 0 Å². The van der Waals surface area contributed by atoms with E-state index in [0.717, 1.165) is 13.1 Å². The van der Waals surface area contributed by atoms with Crippen LogP contribution in [-0.2, 0) is 0 Å². The lowest BCUT2D eigenvalue weighted by Crippen LogP contribution is -2.40. The number of hydrogen-bond acceptors (Lipinski definition) is 4. The predicted molar refractivity (Wildman–Crippen MR) is 48.4 cm³/mol. The summed E-state index contributed by atoms with van der Waals surface area (Å²) < 4.78 is 0. The topological polar surface area (TPSA) is 62.9 Å². The Balaban J connectivity index is 2.09. The van der Waals surface area contributed by atoms with Gasteiger partial charge in [-0.3, -0.25) is 0 Å². The summed E-state index contributed by atoms with van der Waals surface area (Å²) in [6.07, 6.45) is 2.76. The Bertz CT molecular complexity index is 248. The van der Waals surface area contributed by atoms with Gasteiger partial charge in [0.05, 0.1) is 0 Å². The van der Waals surface area contributed by atoms with Crippen LogP contribution in [0.3, 0.4) is 0 Å². The quantitative estimate of drug-likeness (QED) is 0.491. The van der Waals surface area contributed by atoms with Gasteiger partial charge in [-0.05, 0) is 19.5 Å². The summed E-state index contributed by atoms with van der Waals surface area (Å²) in [5.41, 5.74) is 0.128. The molecule has 0 saturated carbocycles. The van der Waals surface area contributed by atoms with Crippen LogP contribution in [0, 0.1) is 22.7 Å². The fourth-order valence-electron chi connectivity index (χ4n) is 1.09. The molecular formula is C9H12N4. The van der Waals surface area contributed by atoms with Gasteiger partial charge in [0.1, 0.15) is 17.7 Å². The molecule has 1 heterocycles. The largest absolute Gasteiger partial charge is 0.388 e. The number of hydrogen-bond donors (Lipinski definition) is 1. The molecule has 1 aliphatic heterocycles. The van der Waals surface area contributed by atoms with E-state index >= 15 is 0 Å². The van der Waals surface area contributed by atoms with Gasteiger partial charge in [0, 0.05) is 19.3 Å². The normalized spacial score (nSPS) is 14.9. The van der Waals surface area contributed by atoms with E-state index in [0.29, 0.717) is 0 Å². The van der Waals surface area contributed by atoms with E-state index in [9.17, 15) is 0 Å². The first-order valence-electron chi connectivity index (χ1n) is 4.33. The van der Waals surface area contributed by atoms with Crippen LogP contribution in [0.2, 0.25) is 0 Å². The molecule has 1 rings (SSSR count).